The van der Waals surface area contributed by atoms with E-state index in [0.717, 1.165) is 31.0 Å². The first-order valence-electron chi connectivity index (χ1n) is 6.98. The summed E-state index contributed by atoms with van der Waals surface area (Å²) in [5.41, 5.74) is 0. The monoisotopic (exact) mass is 314 g/mol. The molecule has 2 rings (SSSR count). The van der Waals surface area contributed by atoms with Gasteiger partial charge in [0.05, 0.1) is 4.90 Å². The zero-order chi connectivity index (χ0) is 14.4. The second-order valence-electron chi connectivity index (χ2n) is 4.98. The van der Waals surface area contributed by atoms with E-state index in [1.54, 1.807) is 23.9 Å². The minimum absolute atomic E-state index is 0.344. The summed E-state index contributed by atoms with van der Waals surface area (Å²) in [4.78, 5) is 3.80. The molecule has 1 saturated heterocycles. The van der Waals surface area contributed by atoms with Crippen molar-refractivity contribution in [3.8, 4) is 0 Å². The van der Waals surface area contributed by atoms with E-state index >= 15 is 0 Å². The van der Waals surface area contributed by atoms with E-state index in [2.05, 4.69) is 9.62 Å². The number of likely N-dealkylation sites (tertiary alicyclic amines) is 1. The van der Waals surface area contributed by atoms with Crippen molar-refractivity contribution < 1.29 is 8.42 Å². The number of thioether (sulfide) groups is 1. The number of sulfonamides is 1. The summed E-state index contributed by atoms with van der Waals surface area (Å²) in [7, 11) is -3.36. The summed E-state index contributed by atoms with van der Waals surface area (Å²) < 4.78 is 26.9. The largest absolute Gasteiger partial charge is 0.303 e. The first kappa shape index (κ1) is 15.8. The van der Waals surface area contributed by atoms with Crippen LogP contribution in [0.15, 0.2) is 34.1 Å². The molecule has 1 heterocycles. The van der Waals surface area contributed by atoms with E-state index in [4.69, 9.17) is 0 Å². The molecule has 0 aromatic heterocycles. The van der Waals surface area contributed by atoms with Crippen LogP contribution in [0.3, 0.4) is 0 Å². The van der Waals surface area contributed by atoms with Crippen LogP contribution in [0.5, 0.6) is 0 Å². The maximum Gasteiger partial charge on any atom is 0.240 e. The summed E-state index contributed by atoms with van der Waals surface area (Å²) in [6.45, 7) is 3.79. The van der Waals surface area contributed by atoms with Gasteiger partial charge in [-0.1, -0.05) is 0 Å². The molecule has 1 fully saturated rings. The molecule has 0 spiro atoms. The topological polar surface area (TPSA) is 49.4 Å². The second kappa shape index (κ2) is 7.45. The molecular formula is C14H22N2O2S2. The smallest absolute Gasteiger partial charge is 0.240 e. The molecule has 0 radical (unpaired) electrons. The number of benzene rings is 1. The molecule has 1 aromatic carbocycles. The van der Waals surface area contributed by atoms with E-state index in [9.17, 15) is 8.42 Å². The summed E-state index contributed by atoms with van der Waals surface area (Å²) in [6, 6.07) is 7.00. The summed E-state index contributed by atoms with van der Waals surface area (Å²) >= 11 is 1.60. The molecular weight excluding hydrogens is 292 g/mol. The fraction of sp³-hybridized carbons (Fsp3) is 0.571. The minimum atomic E-state index is -3.36. The first-order valence-corrected chi connectivity index (χ1v) is 9.69. The van der Waals surface area contributed by atoms with Crippen molar-refractivity contribution in [2.24, 2.45) is 0 Å². The Bertz CT molecular complexity index is 508. The molecule has 20 heavy (non-hydrogen) atoms. The van der Waals surface area contributed by atoms with E-state index in [-0.39, 0.29) is 0 Å². The van der Waals surface area contributed by atoms with E-state index in [1.165, 1.54) is 12.8 Å². The van der Waals surface area contributed by atoms with Crippen LogP contribution in [0.1, 0.15) is 19.3 Å². The molecule has 0 aliphatic carbocycles. The van der Waals surface area contributed by atoms with Gasteiger partial charge in [-0.25, -0.2) is 13.1 Å². The van der Waals surface area contributed by atoms with Crippen LogP contribution in [0.2, 0.25) is 0 Å². The van der Waals surface area contributed by atoms with Gasteiger partial charge >= 0.3 is 0 Å². The molecule has 0 amide bonds. The predicted molar refractivity (Wildman–Crippen MR) is 83.7 cm³/mol. The highest BCUT2D eigenvalue weighted by Gasteiger charge is 2.14. The molecule has 1 N–H and O–H groups in total. The molecule has 0 atom stereocenters. The molecule has 112 valence electrons. The van der Waals surface area contributed by atoms with Crippen molar-refractivity contribution in [1.29, 1.82) is 0 Å². The van der Waals surface area contributed by atoms with Crippen LogP contribution < -0.4 is 4.72 Å². The summed E-state index contributed by atoms with van der Waals surface area (Å²) in [5, 5.41) is 0. The Labute approximate surface area is 126 Å². The molecule has 1 aliphatic heterocycles. The van der Waals surface area contributed by atoms with Gasteiger partial charge in [-0.3, -0.25) is 0 Å². The number of nitrogens with zero attached hydrogens (tertiary/aromatic N) is 1. The Morgan fingerprint density at radius 1 is 1.20 bits per heavy atom. The SMILES string of the molecule is CSc1ccc(S(=O)(=O)NCCCN2CCCC2)cc1. The fourth-order valence-corrected chi connectivity index (χ4v) is 3.84. The zero-order valence-corrected chi connectivity index (χ0v) is 13.5. The number of rotatable bonds is 7. The lowest BCUT2D eigenvalue weighted by molar-refractivity contribution is 0.334. The third kappa shape index (κ3) is 4.48. The number of hydrogen-bond donors (Lipinski definition) is 1. The van der Waals surface area contributed by atoms with Crippen LogP contribution in [0.25, 0.3) is 0 Å². The maximum absolute atomic E-state index is 12.1. The van der Waals surface area contributed by atoms with Gasteiger partial charge in [0.2, 0.25) is 10.0 Å². The van der Waals surface area contributed by atoms with E-state index in [0.29, 0.717) is 11.4 Å². The summed E-state index contributed by atoms with van der Waals surface area (Å²) in [6.07, 6.45) is 5.38. The number of nitrogens with one attached hydrogen (secondary N) is 1. The highest BCUT2D eigenvalue weighted by atomic mass is 32.2. The van der Waals surface area contributed by atoms with Gasteiger partial charge in [-0.2, -0.15) is 0 Å². The van der Waals surface area contributed by atoms with Crippen molar-refractivity contribution in [2.75, 3.05) is 32.4 Å². The molecule has 4 nitrogen and oxygen atoms in total. The molecule has 0 saturated carbocycles. The fourth-order valence-electron chi connectivity index (χ4n) is 2.35. The van der Waals surface area contributed by atoms with Gasteiger partial charge < -0.3 is 4.90 Å². The number of hydrogen-bond acceptors (Lipinski definition) is 4. The minimum Gasteiger partial charge on any atom is -0.303 e. The van der Waals surface area contributed by atoms with E-state index < -0.39 is 10.0 Å². The Kier molecular flexibility index (Phi) is 5.89. The van der Waals surface area contributed by atoms with Gasteiger partial charge in [-0.05, 0) is 69.4 Å². The second-order valence-corrected chi connectivity index (χ2v) is 7.62. The lowest BCUT2D eigenvalue weighted by Crippen LogP contribution is -2.28. The first-order chi connectivity index (χ1) is 9.62. The lowest BCUT2D eigenvalue weighted by Gasteiger charge is -2.14. The van der Waals surface area contributed by atoms with Crippen LogP contribution in [0.4, 0.5) is 0 Å². The van der Waals surface area contributed by atoms with Gasteiger partial charge in [-0.15, -0.1) is 11.8 Å². The van der Waals surface area contributed by atoms with Gasteiger partial charge in [0, 0.05) is 11.4 Å². The standard InChI is InChI=1S/C14H22N2O2S2/c1-19-13-5-7-14(8-6-13)20(17,18)15-9-4-12-16-10-2-3-11-16/h5-8,15H,2-4,9-12H2,1H3. The third-order valence-corrected chi connectivity index (χ3v) is 5.73. The maximum atomic E-state index is 12.1. The normalized spacial score (nSPS) is 16.6. The molecule has 6 heteroatoms. The third-order valence-electron chi connectivity index (χ3n) is 3.51. The van der Waals surface area contributed by atoms with Crippen LogP contribution >= 0.6 is 11.8 Å². The van der Waals surface area contributed by atoms with Crippen molar-refractivity contribution in [2.45, 2.75) is 29.1 Å². The van der Waals surface area contributed by atoms with Gasteiger partial charge in [0.25, 0.3) is 0 Å². The molecule has 1 aromatic rings. The highest BCUT2D eigenvalue weighted by molar-refractivity contribution is 7.98. The van der Waals surface area contributed by atoms with Crippen molar-refractivity contribution >= 4 is 21.8 Å². The summed E-state index contributed by atoms with van der Waals surface area (Å²) in [5.74, 6) is 0. The van der Waals surface area contributed by atoms with E-state index in [1.807, 2.05) is 18.4 Å². The average Bonchev–Trinajstić information content (AvgIpc) is 2.97. The Morgan fingerprint density at radius 2 is 1.85 bits per heavy atom. The van der Waals surface area contributed by atoms with Gasteiger partial charge in [0.15, 0.2) is 0 Å². The Balaban J connectivity index is 1.80. The van der Waals surface area contributed by atoms with Crippen molar-refractivity contribution in [1.82, 2.24) is 9.62 Å². The molecule has 0 bridgehead atoms. The molecule has 0 unspecified atom stereocenters. The Morgan fingerprint density at radius 3 is 2.45 bits per heavy atom. The lowest BCUT2D eigenvalue weighted by atomic mass is 10.4. The van der Waals surface area contributed by atoms with Crippen molar-refractivity contribution in [3.63, 3.8) is 0 Å². The molecule has 1 aliphatic rings. The van der Waals surface area contributed by atoms with Gasteiger partial charge in [0.1, 0.15) is 0 Å². The zero-order valence-electron chi connectivity index (χ0n) is 11.8. The van der Waals surface area contributed by atoms with Crippen molar-refractivity contribution in [3.05, 3.63) is 24.3 Å². The Hall–Kier alpha value is -0.560. The van der Waals surface area contributed by atoms with Crippen LogP contribution in [-0.4, -0.2) is 45.8 Å². The average molecular weight is 314 g/mol. The quantitative estimate of drug-likeness (QED) is 0.619. The van der Waals surface area contributed by atoms with Crippen LogP contribution in [-0.2, 0) is 10.0 Å². The van der Waals surface area contributed by atoms with Crippen LogP contribution in [0, 0.1) is 0 Å². The predicted octanol–water partition coefficient (Wildman–Crippen LogP) is 2.17. The highest BCUT2D eigenvalue weighted by Crippen LogP contribution is 2.17.